The van der Waals surface area contributed by atoms with E-state index in [4.69, 9.17) is 0 Å². The fourth-order valence-electron chi connectivity index (χ4n) is 3.94. The van der Waals surface area contributed by atoms with Gasteiger partial charge >= 0.3 is 0 Å². The van der Waals surface area contributed by atoms with Crippen LogP contribution in [-0.4, -0.2) is 10.5 Å². The number of nitrogens with zero attached hydrogens (tertiary/aromatic N) is 1. The molecule has 27 heavy (non-hydrogen) atoms. The van der Waals surface area contributed by atoms with Gasteiger partial charge in [-0.05, 0) is 23.8 Å². The van der Waals surface area contributed by atoms with E-state index in [1.165, 1.54) is 0 Å². The van der Waals surface area contributed by atoms with E-state index < -0.39 is 0 Å². The van der Waals surface area contributed by atoms with Crippen LogP contribution in [0.1, 0.15) is 11.1 Å². The molecule has 4 aromatic rings. The van der Waals surface area contributed by atoms with Gasteiger partial charge in [0.15, 0.2) is 0 Å². The number of benzene rings is 3. The largest absolute Gasteiger partial charge is 0.343 e. The van der Waals surface area contributed by atoms with Gasteiger partial charge in [-0.15, -0.1) is 0 Å². The summed E-state index contributed by atoms with van der Waals surface area (Å²) in [5.41, 5.74) is 7.00. The van der Waals surface area contributed by atoms with Crippen molar-refractivity contribution in [3.8, 4) is 11.3 Å². The van der Waals surface area contributed by atoms with E-state index in [0.717, 1.165) is 39.0 Å². The summed E-state index contributed by atoms with van der Waals surface area (Å²) in [7, 11) is 2.08. The molecule has 5 rings (SSSR count). The number of aromatic nitrogens is 1. The quantitative estimate of drug-likeness (QED) is 0.487. The van der Waals surface area contributed by atoms with Crippen molar-refractivity contribution in [2.24, 2.45) is 7.05 Å². The number of carbonyl (C=O) groups is 1. The smallest absolute Gasteiger partial charge is 0.256 e. The molecule has 0 unspecified atom stereocenters. The van der Waals surface area contributed by atoms with Crippen LogP contribution in [0, 0.1) is 0 Å². The summed E-state index contributed by atoms with van der Waals surface area (Å²) in [4.78, 5) is 12.6. The molecule has 2 heterocycles. The summed E-state index contributed by atoms with van der Waals surface area (Å²) >= 11 is 0. The van der Waals surface area contributed by atoms with Crippen LogP contribution in [0.15, 0.2) is 78.9 Å². The van der Waals surface area contributed by atoms with Crippen molar-refractivity contribution in [1.82, 2.24) is 4.57 Å². The van der Waals surface area contributed by atoms with Gasteiger partial charge in [-0.25, -0.2) is 0 Å². The van der Waals surface area contributed by atoms with E-state index in [9.17, 15) is 4.79 Å². The van der Waals surface area contributed by atoms with Crippen LogP contribution in [0.5, 0.6) is 0 Å². The van der Waals surface area contributed by atoms with Gasteiger partial charge in [-0.1, -0.05) is 66.7 Å². The first kappa shape index (κ1) is 15.6. The monoisotopic (exact) mass is 350 g/mol. The number of rotatable bonds is 2. The van der Waals surface area contributed by atoms with E-state index in [2.05, 4.69) is 41.2 Å². The van der Waals surface area contributed by atoms with Gasteiger partial charge < -0.3 is 9.88 Å². The predicted molar refractivity (Wildman–Crippen MR) is 111 cm³/mol. The molecule has 0 saturated carbocycles. The van der Waals surface area contributed by atoms with Gasteiger partial charge in [0.2, 0.25) is 0 Å². The molecule has 3 aromatic carbocycles. The number of carbonyl (C=O) groups excluding carboxylic acids is 1. The minimum absolute atomic E-state index is 0.0526. The van der Waals surface area contributed by atoms with E-state index in [-0.39, 0.29) is 5.91 Å². The average Bonchev–Trinajstić information content (AvgIpc) is 3.17. The summed E-state index contributed by atoms with van der Waals surface area (Å²) in [6.45, 7) is 0. The van der Waals surface area contributed by atoms with Crippen LogP contribution < -0.4 is 5.32 Å². The molecule has 130 valence electrons. The van der Waals surface area contributed by atoms with Crippen molar-refractivity contribution in [3.05, 3.63) is 90.0 Å². The van der Waals surface area contributed by atoms with Crippen LogP contribution in [0.2, 0.25) is 0 Å². The van der Waals surface area contributed by atoms with Crippen LogP contribution in [0.4, 0.5) is 5.69 Å². The molecule has 1 amide bonds. The lowest BCUT2D eigenvalue weighted by Gasteiger charge is -2.07. The third kappa shape index (κ3) is 2.40. The highest BCUT2D eigenvalue weighted by Gasteiger charge is 2.25. The Balaban J connectivity index is 1.83. The molecule has 1 aliphatic rings. The zero-order valence-corrected chi connectivity index (χ0v) is 14.9. The van der Waals surface area contributed by atoms with Crippen LogP contribution >= 0.6 is 0 Å². The molecule has 0 saturated heterocycles. The second kappa shape index (κ2) is 5.99. The van der Waals surface area contributed by atoms with Crippen LogP contribution in [0.25, 0.3) is 33.8 Å². The number of nitrogens with one attached hydrogen (secondary N) is 1. The minimum Gasteiger partial charge on any atom is -0.343 e. The van der Waals surface area contributed by atoms with Gasteiger partial charge in [-0.3, -0.25) is 4.79 Å². The SMILES string of the molecule is Cn1c(-c2ccccc2)c(C=C2C(=O)Nc3ccccc32)c2ccccc21. The first-order valence-corrected chi connectivity index (χ1v) is 8.99. The zero-order chi connectivity index (χ0) is 18.4. The number of hydrogen-bond donors (Lipinski definition) is 1. The first-order chi connectivity index (χ1) is 13.2. The van der Waals surface area contributed by atoms with Gasteiger partial charge in [0, 0.05) is 40.3 Å². The number of fused-ring (bicyclic) bond motifs is 2. The molecule has 1 aliphatic heterocycles. The van der Waals surface area contributed by atoms with Gasteiger partial charge in [0.1, 0.15) is 0 Å². The third-order valence-electron chi connectivity index (χ3n) is 5.19. The second-order valence-electron chi connectivity index (χ2n) is 6.76. The Morgan fingerprint density at radius 2 is 1.56 bits per heavy atom. The highest BCUT2D eigenvalue weighted by Crippen LogP contribution is 2.38. The van der Waals surface area contributed by atoms with Crippen molar-refractivity contribution in [1.29, 1.82) is 0 Å². The Morgan fingerprint density at radius 1 is 0.852 bits per heavy atom. The average molecular weight is 350 g/mol. The zero-order valence-electron chi connectivity index (χ0n) is 14.9. The molecule has 0 atom stereocenters. The molecule has 1 N–H and O–H groups in total. The van der Waals surface area contributed by atoms with Gasteiger partial charge in [-0.2, -0.15) is 0 Å². The Hall–Kier alpha value is -3.59. The number of anilines is 1. The molecule has 1 aromatic heterocycles. The number of hydrogen-bond acceptors (Lipinski definition) is 1. The second-order valence-corrected chi connectivity index (χ2v) is 6.76. The van der Waals surface area contributed by atoms with Crippen molar-refractivity contribution >= 4 is 34.1 Å². The van der Waals surface area contributed by atoms with E-state index in [0.29, 0.717) is 5.57 Å². The Labute approximate surface area is 157 Å². The van der Waals surface area contributed by atoms with E-state index in [1.54, 1.807) is 0 Å². The van der Waals surface area contributed by atoms with Crippen molar-refractivity contribution in [2.45, 2.75) is 0 Å². The fourth-order valence-corrected chi connectivity index (χ4v) is 3.94. The summed E-state index contributed by atoms with van der Waals surface area (Å²) < 4.78 is 2.20. The number of amides is 1. The maximum Gasteiger partial charge on any atom is 0.256 e. The Morgan fingerprint density at radius 3 is 2.41 bits per heavy atom. The van der Waals surface area contributed by atoms with Gasteiger partial charge in [0.05, 0.1) is 5.69 Å². The molecular formula is C24H18N2O. The number of para-hydroxylation sites is 2. The maximum atomic E-state index is 12.6. The molecule has 3 heteroatoms. The number of aryl methyl sites for hydroxylation is 1. The van der Waals surface area contributed by atoms with Gasteiger partial charge in [0.25, 0.3) is 5.91 Å². The third-order valence-corrected chi connectivity index (χ3v) is 5.19. The Bertz CT molecular complexity index is 1220. The molecule has 0 spiro atoms. The topological polar surface area (TPSA) is 34.0 Å². The fraction of sp³-hybridized carbons (Fsp3) is 0.0417. The van der Waals surface area contributed by atoms with E-state index >= 15 is 0 Å². The summed E-state index contributed by atoms with van der Waals surface area (Å²) in [6.07, 6.45) is 2.03. The lowest BCUT2D eigenvalue weighted by Crippen LogP contribution is -2.03. The summed E-state index contributed by atoms with van der Waals surface area (Å²) in [5.74, 6) is -0.0526. The first-order valence-electron chi connectivity index (χ1n) is 8.99. The normalized spacial score (nSPS) is 14.6. The van der Waals surface area contributed by atoms with Crippen molar-refractivity contribution in [2.75, 3.05) is 5.32 Å². The van der Waals surface area contributed by atoms with Crippen molar-refractivity contribution in [3.63, 3.8) is 0 Å². The molecule has 0 bridgehead atoms. The molecule has 3 nitrogen and oxygen atoms in total. The molecule has 0 radical (unpaired) electrons. The highest BCUT2D eigenvalue weighted by molar-refractivity contribution is 6.35. The van der Waals surface area contributed by atoms with Crippen LogP contribution in [0.3, 0.4) is 0 Å². The maximum absolute atomic E-state index is 12.6. The molecular weight excluding hydrogens is 332 g/mol. The minimum atomic E-state index is -0.0526. The Kier molecular flexibility index (Phi) is 3.47. The van der Waals surface area contributed by atoms with Crippen LogP contribution in [-0.2, 0) is 11.8 Å². The van der Waals surface area contributed by atoms with E-state index in [1.807, 2.05) is 60.7 Å². The highest BCUT2D eigenvalue weighted by atomic mass is 16.2. The standard InChI is InChI=1S/C24H18N2O/c1-26-22-14-8-6-12-18(22)19(23(26)16-9-3-2-4-10-16)15-20-17-11-5-7-13-21(17)25-24(20)27/h2-15H,1H3,(H,25,27). The molecule has 0 aliphatic carbocycles. The summed E-state index contributed by atoms with van der Waals surface area (Å²) in [5, 5.41) is 4.11. The molecule has 0 fully saturated rings. The van der Waals surface area contributed by atoms with Crippen molar-refractivity contribution < 1.29 is 4.79 Å². The summed E-state index contributed by atoms with van der Waals surface area (Å²) in [6, 6.07) is 26.5. The lowest BCUT2D eigenvalue weighted by molar-refractivity contribution is -0.110. The lowest BCUT2D eigenvalue weighted by atomic mass is 9.99. The predicted octanol–water partition coefficient (Wildman–Crippen LogP) is 5.34.